The Morgan fingerprint density at radius 1 is 1.18 bits per heavy atom. The van der Waals surface area contributed by atoms with E-state index >= 15 is 0 Å². The molecule has 0 heterocycles. The van der Waals surface area contributed by atoms with Gasteiger partial charge < -0.3 is 10.4 Å². The summed E-state index contributed by atoms with van der Waals surface area (Å²) in [5.41, 5.74) is 1.30. The van der Waals surface area contributed by atoms with E-state index < -0.39 is 0 Å². The van der Waals surface area contributed by atoms with Crippen LogP contribution in [0.1, 0.15) is 31.2 Å². The van der Waals surface area contributed by atoms with E-state index in [1.807, 2.05) is 12.1 Å². The van der Waals surface area contributed by atoms with Crippen molar-refractivity contribution >= 4 is 0 Å². The Balaban J connectivity index is 1.44. The van der Waals surface area contributed by atoms with E-state index in [0.717, 1.165) is 30.8 Å². The van der Waals surface area contributed by atoms with Crippen LogP contribution in [0.4, 0.5) is 0 Å². The molecule has 0 amide bonds. The van der Waals surface area contributed by atoms with E-state index in [4.69, 9.17) is 0 Å². The van der Waals surface area contributed by atoms with Gasteiger partial charge in [0.15, 0.2) is 0 Å². The predicted octanol–water partition coefficient (Wildman–Crippen LogP) is 2.71. The van der Waals surface area contributed by atoms with Gasteiger partial charge >= 0.3 is 0 Å². The molecule has 2 heteroatoms. The summed E-state index contributed by atoms with van der Waals surface area (Å²) >= 11 is 0. The third-order valence-corrected chi connectivity index (χ3v) is 4.34. The van der Waals surface area contributed by atoms with Crippen LogP contribution in [-0.2, 0) is 6.42 Å². The van der Waals surface area contributed by atoms with Crippen LogP contribution < -0.4 is 5.32 Å². The molecule has 17 heavy (non-hydrogen) atoms. The molecule has 2 fully saturated rings. The van der Waals surface area contributed by atoms with Crippen molar-refractivity contribution in [3.63, 3.8) is 0 Å². The largest absolute Gasteiger partial charge is 0.508 e. The number of hydrogen-bond acceptors (Lipinski definition) is 2. The first kappa shape index (κ1) is 11.1. The minimum absolute atomic E-state index is 0.356. The second-order valence-corrected chi connectivity index (χ2v) is 5.57. The summed E-state index contributed by atoms with van der Waals surface area (Å²) in [7, 11) is 0. The summed E-state index contributed by atoms with van der Waals surface area (Å²) in [5, 5.41) is 12.9. The third-order valence-electron chi connectivity index (χ3n) is 4.34. The smallest absolute Gasteiger partial charge is 0.115 e. The van der Waals surface area contributed by atoms with Gasteiger partial charge in [-0.3, -0.25) is 0 Å². The van der Waals surface area contributed by atoms with Crippen LogP contribution in [0.5, 0.6) is 5.75 Å². The Hall–Kier alpha value is -1.02. The van der Waals surface area contributed by atoms with Crippen LogP contribution >= 0.6 is 0 Å². The molecule has 2 nitrogen and oxygen atoms in total. The molecular formula is C15H21NO. The van der Waals surface area contributed by atoms with Crippen molar-refractivity contribution in [1.82, 2.24) is 5.32 Å². The standard InChI is InChI=1S/C15H21NO/c17-13-6-4-11(5-7-13)8-9-16-15-3-1-2-12-10-14(12)15/h4-7,12,14-17H,1-3,8-10H2. The molecule has 3 unspecified atom stereocenters. The summed E-state index contributed by atoms with van der Waals surface area (Å²) in [5.74, 6) is 2.40. The van der Waals surface area contributed by atoms with E-state index in [0.29, 0.717) is 5.75 Å². The van der Waals surface area contributed by atoms with Gasteiger partial charge in [0.25, 0.3) is 0 Å². The zero-order valence-electron chi connectivity index (χ0n) is 10.2. The van der Waals surface area contributed by atoms with E-state index in [1.54, 1.807) is 12.1 Å². The molecule has 0 aliphatic heterocycles. The molecule has 1 aromatic carbocycles. The predicted molar refractivity (Wildman–Crippen MR) is 69.0 cm³/mol. The van der Waals surface area contributed by atoms with Crippen molar-refractivity contribution in [3.05, 3.63) is 29.8 Å². The summed E-state index contributed by atoms with van der Waals surface area (Å²) in [6, 6.07) is 8.35. The van der Waals surface area contributed by atoms with Gasteiger partial charge in [0.2, 0.25) is 0 Å². The molecule has 2 aliphatic rings. The van der Waals surface area contributed by atoms with Crippen LogP contribution in [0, 0.1) is 11.8 Å². The molecule has 2 N–H and O–H groups in total. The SMILES string of the molecule is Oc1ccc(CCNC2CCCC3CC32)cc1. The van der Waals surface area contributed by atoms with Crippen molar-refractivity contribution in [2.45, 2.75) is 38.1 Å². The summed E-state index contributed by atoms with van der Waals surface area (Å²) in [6.45, 7) is 1.07. The fourth-order valence-electron chi connectivity index (χ4n) is 3.23. The number of benzene rings is 1. The maximum Gasteiger partial charge on any atom is 0.115 e. The van der Waals surface area contributed by atoms with Crippen LogP contribution in [0.25, 0.3) is 0 Å². The number of rotatable bonds is 4. The van der Waals surface area contributed by atoms with Gasteiger partial charge in [0, 0.05) is 6.04 Å². The second kappa shape index (κ2) is 4.69. The number of phenolic OH excluding ortho intramolecular Hbond substituents is 1. The Kier molecular flexibility index (Phi) is 3.06. The van der Waals surface area contributed by atoms with Gasteiger partial charge in [0.1, 0.15) is 5.75 Å². The van der Waals surface area contributed by atoms with Crippen LogP contribution in [0.15, 0.2) is 24.3 Å². The summed E-state index contributed by atoms with van der Waals surface area (Å²) in [6.07, 6.45) is 6.79. The molecule has 0 radical (unpaired) electrons. The zero-order valence-corrected chi connectivity index (χ0v) is 10.2. The number of phenols is 1. The number of fused-ring (bicyclic) bond motifs is 1. The van der Waals surface area contributed by atoms with E-state index in [2.05, 4.69) is 5.32 Å². The Morgan fingerprint density at radius 2 is 2.00 bits per heavy atom. The van der Waals surface area contributed by atoms with Gasteiger partial charge in [-0.25, -0.2) is 0 Å². The molecule has 2 aliphatic carbocycles. The summed E-state index contributed by atoms with van der Waals surface area (Å²) < 4.78 is 0. The highest BCUT2D eigenvalue weighted by Gasteiger charge is 2.44. The van der Waals surface area contributed by atoms with Crippen molar-refractivity contribution in [2.24, 2.45) is 11.8 Å². The number of aromatic hydroxyl groups is 1. The molecule has 0 bridgehead atoms. The van der Waals surface area contributed by atoms with Gasteiger partial charge in [-0.1, -0.05) is 25.0 Å². The number of nitrogens with one attached hydrogen (secondary N) is 1. The van der Waals surface area contributed by atoms with Gasteiger partial charge in [0.05, 0.1) is 0 Å². The van der Waals surface area contributed by atoms with Crippen molar-refractivity contribution < 1.29 is 5.11 Å². The monoisotopic (exact) mass is 231 g/mol. The minimum atomic E-state index is 0.356. The highest BCUT2D eigenvalue weighted by Crippen LogP contribution is 2.49. The topological polar surface area (TPSA) is 32.3 Å². The maximum atomic E-state index is 9.21. The Bertz CT molecular complexity index is 373. The highest BCUT2D eigenvalue weighted by atomic mass is 16.3. The zero-order chi connectivity index (χ0) is 11.7. The first-order valence-corrected chi connectivity index (χ1v) is 6.84. The average Bonchev–Trinajstić information content (AvgIpc) is 3.12. The maximum absolute atomic E-state index is 9.21. The van der Waals surface area contributed by atoms with Gasteiger partial charge in [-0.2, -0.15) is 0 Å². The molecular weight excluding hydrogens is 210 g/mol. The van der Waals surface area contributed by atoms with Crippen molar-refractivity contribution in [2.75, 3.05) is 6.54 Å². The molecule has 0 saturated heterocycles. The molecule has 0 aromatic heterocycles. The van der Waals surface area contributed by atoms with E-state index in [9.17, 15) is 5.11 Å². The third kappa shape index (κ3) is 2.63. The average molecular weight is 231 g/mol. The Labute approximate surface area is 103 Å². The van der Waals surface area contributed by atoms with Crippen molar-refractivity contribution in [3.8, 4) is 5.75 Å². The summed E-state index contributed by atoms with van der Waals surface area (Å²) in [4.78, 5) is 0. The first-order chi connectivity index (χ1) is 8.33. The van der Waals surface area contributed by atoms with Gasteiger partial charge in [-0.05, 0) is 55.3 Å². The molecule has 2 saturated carbocycles. The van der Waals surface area contributed by atoms with E-state index in [-0.39, 0.29) is 0 Å². The van der Waals surface area contributed by atoms with Gasteiger partial charge in [-0.15, -0.1) is 0 Å². The second-order valence-electron chi connectivity index (χ2n) is 5.57. The minimum Gasteiger partial charge on any atom is -0.508 e. The lowest BCUT2D eigenvalue weighted by Gasteiger charge is -2.22. The van der Waals surface area contributed by atoms with E-state index in [1.165, 1.54) is 31.2 Å². The molecule has 0 spiro atoms. The van der Waals surface area contributed by atoms with Crippen LogP contribution in [0.3, 0.4) is 0 Å². The lowest BCUT2D eigenvalue weighted by Crippen LogP contribution is -2.34. The highest BCUT2D eigenvalue weighted by molar-refractivity contribution is 5.26. The molecule has 92 valence electrons. The fourth-order valence-corrected chi connectivity index (χ4v) is 3.23. The lowest BCUT2D eigenvalue weighted by atomic mass is 9.95. The van der Waals surface area contributed by atoms with Crippen LogP contribution in [-0.4, -0.2) is 17.7 Å². The normalized spacial score (nSPS) is 30.9. The quantitative estimate of drug-likeness (QED) is 0.835. The molecule has 3 atom stereocenters. The molecule has 3 rings (SSSR count). The number of hydrogen-bond donors (Lipinski definition) is 2. The first-order valence-electron chi connectivity index (χ1n) is 6.84. The Morgan fingerprint density at radius 3 is 2.82 bits per heavy atom. The van der Waals surface area contributed by atoms with Crippen molar-refractivity contribution in [1.29, 1.82) is 0 Å². The fraction of sp³-hybridized carbons (Fsp3) is 0.600. The lowest BCUT2D eigenvalue weighted by molar-refractivity contribution is 0.356. The molecule has 1 aromatic rings. The van der Waals surface area contributed by atoms with Crippen LogP contribution in [0.2, 0.25) is 0 Å².